The van der Waals surface area contributed by atoms with Crippen molar-refractivity contribution in [3.05, 3.63) is 12.2 Å². The normalized spacial score (nSPS) is 21.9. The fourth-order valence-corrected chi connectivity index (χ4v) is 0.994. The van der Waals surface area contributed by atoms with Gasteiger partial charge in [-0.05, 0) is 0 Å². The van der Waals surface area contributed by atoms with Crippen LogP contribution in [0.4, 0.5) is 0 Å². The van der Waals surface area contributed by atoms with Gasteiger partial charge >= 0.3 is 11.9 Å². The Bertz CT molecular complexity index is 236. The molecule has 0 aromatic carbocycles. The molecule has 1 aliphatic heterocycles. The summed E-state index contributed by atoms with van der Waals surface area (Å²) >= 11 is 5.30. The van der Waals surface area contributed by atoms with Crippen molar-refractivity contribution in [2.75, 3.05) is 12.5 Å². The Morgan fingerprint density at radius 1 is 1.77 bits per heavy atom. The van der Waals surface area contributed by atoms with E-state index in [0.29, 0.717) is 13.0 Å². The monoisotopic (exact) mass is 204 g/mol. The van der Waals surface area contributed by atoms with Crippen molar-refractivity contribution in [1.29, 1.82) is 0 Å². The predicted molar refractivity (Wildman–Crippen MR) is 45.3 cm³/mol. The van der Waals surface area contributed by atoms with Crippen LogP contribution in [0.2, 0.25) is 0 Å². The first kappa shape index (κ1) is 10.1. The van der Waals surface area contributed by atoms with E-state index >= 15 is 0 Å². The van der Waals surface area contributed by atoms with Gasteiger partial charge in [-0.2, -0.15) is 0 Å². The molecule has 0 amide bonds. The zero-order chi connectivity index (χ0) is 9.68. The van der Waals surface area contributed by atoms with Crippen LogP contribution < -0.4 is 0 Å². The zero-order valence-corrected chi connectivity index (χ0v) is 7.62. The molecule has 13 heavy (non-hydrogen) atoms. The van der Waals surface area contributed by atoms with Gasteiger partial charge in [0.1, 0.15) is 0 Å². The van der Waals surface area contributed by atoms with Crippen LogP contribution in [0.1, 0.15) is 6.42 Å². The van der Waals surface area contributed by atoms with Gasteiger partial charge in [0.2, 0.25) is 6.10 Å². The molecule has 0 aromatic heterocycles. The lowest BCUT2D eigenvalue weighted by atomic mass is 10.3. The molecule has 1 rings (SSSR count). The van der Waals surface area contributed by atoms with Gasteiger partial charge in [-0.3, -0.25) is 0 Å². The number of hydrogen-bond acceptors (Lipinski definition) is 4. The fraction of sp³-hybridized carbons (Fsp3) is 0.500. The minimum Gasteiger partial charge on any atom is -0.463 e. The van der Waals surface area contributed by atoms with Gasteiger partial charge < -0.3 is 9.47 Å². The second kappa shape index (κ2) is 4.87. The lowest BCUT2D eigenvalue weighted by molar-refractivity contribution is -0.156. The highest BCUT2D eigenvalue weighted by Crippen LogP contribution is 2.10. The van der Waals surface area contributed by atoms with Crippen LogP contribution in [0.15, 0.2) is 12.2 Å². The van der Waals surface area contributed by atoms with Crippen molar-refractivity contribution < 1.29 is 19.1 Å². The largest absolute Gasteiger partial charge is 0.463 e. The summed E-state index contributed by atoms with van der Waals surface area (Å²) in [6.07, 6.45) is 2.33. The van der Waals surface area contributed by atoms with Gasteiger partial charge in [-0.25, -0.2) is 9.59 Å². The number of rotatable bonds is 3. The van der Waals surface area contributed by atoms with E-state index in [-0.39, 0.29) is 5.88 Å². The van der Waals surface area contributed by atoms with Crippen molar-refractivity contribution in [2.45, 2.75) is 12.5 Å². The maximum atomic E-state index is 10.9. The van der Waals surface area contributed by atoms with E-state index < -0.39 is 18.0 Å². The molecule has 5 heteroatoms. The molecule has 4 nitrogen and oxygen atoms in total. The number of ether oxygens (including phenoxy) is 2. The number of carbonyl (C=O) groups is 2. The number of hydrogen-bond donors (Lipinski definition) is 0. The molecule has 0 bridgehead atoms. The number of halogens is 1. The average Bonchev–Trinajstić information content (AvgIpc) is 2.48. The van der Waals surface area contributed by atoms with Crippen molar-refractivity contribution in [1.82, 2.24) is 0 Å². The Labute approximate surface area is 80.5 Å². The lowest BCUT2D eigenvalue weighted by Crippen LogP contribution is -2.21. The Hall–Kier alpha value is -1.03. The molecule has 0 aromatic rings. The number of esters is 2. The van der Waals surface area contributed by atoms with E-state index in [0.717, 1.165) is 0 Å². The Balaban J connectivity index is 2.35. The quantitative estimate of drug-likeness (QED) is 0.385. The molecule has 1 unspecified atom stereocenters. The number of carbonyl (C=O) groups excluding carboxylic acids is 2. The zero-order valence-electron chi connectivity index (χ0n) is 6.86. The molecule has 1 atom stereocenters. The average molecular weight is 205 g/mol. The van der Waals surface area contributed by atoms with Crippen molar-refractivity contribution in [3.63, 3.8) is 0 Å². The van der Waals surface area contributed by atoms with Crippen molar-refractivity contribution in [2.24, 2.45) is 0 Å². The molecule has 1 saturated heterocycles. The third-order valence-corrected chi connectivity index (χ3v) is 1.67. The molecule has 1 fully saturated rings. The second-order valence-electron chi connectivity index (χ2n) is 2.44. The molecular weight excluding hydrogens is 196 g/mol. The summed E-state index contributed by atoms with van der Waals surface area (Å²) in [4.78, 5) is 21.8. The molecule has 72 valence electrons. The number of allylic oxidation sites excluding steroid dienone is 1. The third-order valence-electron chi connectivity index (χ3n) is 1.49. The number of alkyl halides is 1. The molecule has 0 radical (unpaired) electrons. The first-order valence-electron chi connectivity index (χ1n) is 3.84. The number of cyclic esters (lactones) is 1. The minimum atomic E-state index is -0.743. The van der Waals surface area contributed by atoms with Crippen LogP contribution in [0.25, 0.3) is 0 Å². The van der Waals surface area contributed by atoms with Crippen LogP contribution in [0.3, 0.4) is 0 Å². The van der Waals surface area contributed by atoms with E-state index in [9.17, 15) is 9.59 Å². The summed E-state index contributed by atoms with van der Waals surface area (Å²) in [6, 6.07) is 0. The van der Waals surface area contributed by atoms with Gasteiger partial charge in [0.25, 0.3) is 0 Å². The summed E-state index contributed by atoms with van der Waals surface area (Å²) in [6.45, 7) is 0.315. The summed E-state index contributed by atoms with van der Waals surface area (Å²) < 4.78 is 9.37. The smallest absolute Gasteiger partial charge is 0.347 e. The molecule has 0 spiro atoms. The first-order valence-corrected chi connectivity index (χ1v) is 4.37. The van der Waals surface area contributed by atoms with Crippen LogP contribution in [-0.4, -0.2) is 30.5 Å². The Morgan fingerprint density at radius 2 is 2.54 bits per heavy atom. The van der Waals surface area contributed by atoms with Crippen molar-refractivity contribution >= 4 is 23.5 Å². The third kappa shape index (κ3) is 3.06. The topological polar surface area (TPSA) is 52.6 Å². The van der Waals surface area contributed by atoms with Crippen molar-refractivity contribution in [3.8, 4) is 0 Å². The Kier molecular flexibility index (Phi) is 3.76. The van der Waals surface area contributed by atoms with Crippen LogP contribution in [0.5, 0.6) is 0 Å². The van der Waals surface area contributed by atoms with Crippen LogP contribution in [-0.2, 0) is 19.1 Å². The first-order chi connectivity index (χ1) is 6.24. The van der Waals surface area contributed by atoms with Gasteiger partial charge in [0.15, 0.2) is 0 Å². The lowest BCUT2D eigenvalue weighted by Gasteiger charge is -2.04. The maximum absolute atomic E-state index is 10.9. The SMILES string of the molecule is O=C(/C=C/CCl)OC1CCOC1=O. The van der Waals surface area contributed by atoms with Gasteiger partial charge in [-0.15, -0.1) is 11.6 Å². The van der Waals surface area contributed by atoms with E-state index in [1.807, 2.05) is 0 Å². The van der Waals surface area contributed by atoms with Gasteiger partial charge in [0.05, 0.1) is 6.61 Å². The molecule has 1 heterocycles. The van der Waals surface area contributed by atoms with Crippen LogP contribution in [0, 0.1) is 0 Å². The fourth-order valence-electron chi connectivity index (χ4n) is 0.905. The summed E-state index contributed by atoms with van der Waals surface area (Å²) in [5.41, 5.74) is 0. The van der Waals surface area contributed by atoms with E-state index in [4.69, 9.17) is 16.3 Å². The minimum absolute atomic E-state index is 0.240. The molecular formula is C8H9ClO4. The predicted octanol–water partition coefficient (Wildman–Crippen LogP) is 0.640. The molecule has 0 saturated carbocycles. The highest BCUT2D eigenvalue weighted by Gasteiger charge is 2.29. The van der Waals surface area contributed by atoms with E-state index in [1.165, 1.54) is 12.2 Å². The van der Waals surface area contributed by atoms with Gasteiger partial charge in [-0.1, -0.05) is 6.08 Å². The molecule has 0 N–H and O–H groups in total. The van der Waals surface area contributed by atoms with Crippen LogP contribution >= 0.6 is 11.6 Å². The maximum Gasteiger partial charge on any atom is 0.347 e. The molecule has 1 aliphatic rings. The Morgan fingerprint density at radius 3 is 3.08 bits per heavy atom. The van der Waals surface area contributed by atoms with E-state index in [2.05, 4.69) is 4.74 Å². The van der Waals surface area contributed by atoms with E-state index in [1.54, 1.807) is 0 Å². The molecule has 0 aliphatic carbocycles. The highest BCUT2D eigenvalue weighted by molar-refractivity contribution is 6.19. The summed E-state index contributed by atoms with van der Waals surface area (Å²) in [5, 5.41) is 0. The standard InChI is InChI=1S/C8H9ClO4/c9-4-1-2-7(10)13-6-3-5-12-8(6)11/h1-2,6H,3-5H2/b2-1+. The second-order valence-corrected chi connectivity index (χ2v) is 2.75. The summed E-state index contributed by atoms with van der Waals surface area (Å²) in [7, 11) is 0. The highest BCUT2D eigenvalue weighted by atomic mass is 35.5. The van der Waals surface area contributed by atoms with Gasteiger partial charge in [0, 0.05) is 18.4 Å². The summed E-state index contributed by atoms with van der Waals surface area (Å²) in [5.74, 6) is -0.804.